The number of thioether (sulfide) groups is 1. The Morgan fingerprint density at radius 1 is 1.41 bits per heavy atom. The molecule has 2 heterocycles. The molecule has 1 aliphatic rings. The lowest BCUT2D eigenvalue weighted by molar-refractivity contribution is -0.0421. The second-order valence-electron chi connectivity index (χ2n) is 3.58. The quantitative estimate of drug-likeness (QED) is 0.787. The van der Waals surface area contributed by atoms with Crippen molar-refractivity contribution in [1.29, 1.82) is 0 Å². The number of carboxylic acids is 1. The molecule has 1 N–H and O–H groups in total. The minimum absolute atomic E-state index is 0.0111. The molecule has 0 atom stereocenters. The van der Waals surface area contributed by atoms with E-state index in [1.165, 1.54) is 6.07 Å². The summed E-state index contributed by atoms with van der Waals surface area (Å²) in [5.74, 6) is 1.20. The van der Waals surface area contributed by atoms with E-state index in [1.807, 2.05) is 0 Å². The Bertz CT molecular complexity index is 370. The maximum atomic E-state index is 10.6. The van der Waals surface area contributed by atoms with Crippen LogP contribution in [0.2, 0.25) is 0 Å². The second kappa shape index (κ2) is 6.09. The van der Waals surface area contributed by atoms with Crippen LogP contribution in [0.3, 0.4) is 0 Å². The predicted octanol–water partition coefficient (Wildman–Crippen LogP) is 1.97. The van der Waals surface area contributed by atoms with E-state index in [9.17, 15) is 4.79 Å². The molecule has 1 aromatic heterocycles. The molecule has 0 unspecified atom stereocenters. The highest BCUT2D eigenvalue weighted by atomic mass is 32.2. The van der Waals surface area contributed by atoms with E-state index >= 15 is 0 Å². The number of hydrogen-bond acceptors (Lipinski definition) is 5. The standard InChI is InChI=1S/C11H14O5S/c12-11(13)9-2-1-8(16-9)7-17-6-3-10-14-4-5-15-10/h1-2,10H,3-7H2,(H,12,13). The van der Waals surface area contributed by atoms with Crippen LogP contribution < -0.4 is 0 Å². The summed E-state index contributed by atoms with van der Waals surface area (Å²) < 4.78 is 15.7. The molecule has 0 amide bonds. The molecule has 1 aliphatic heterocycles. The normalized spacial score (nSPS) is 16.5. The Balaban J connectivity index is 1.65. The SMILES string of the molecule is O=C(O)c1ccc(CSCCC2OCCO2)o1. The summed E-state index contributed by atoms with van der Waals surface area (Å²) in [7, 11) is 0. The molecule has 0 bridgehead atoms. The van der Waals surface area contributed by atoms with Gasteiger partial charge in [-0.25, -0.2) is 4.79 Å². The average Bonchev–Trinajstić information content (AvgIpc) is 2.96. The summed E-state index contributed by atoms with van der Waals surface area (Å²) in [6.07, 6.45) is 0.769. The number of aromatic carboxylic acids is 1. The van der Waals surface area contributed by atoms with Gasteiger partial charge in [0, 0.05) is 6.42 Å². The van der Waals surface area contributed by atoms with Crippen molar-refractivity contribution in [3.8, 4) is 0 Å². The van der Waals surface area contributed by atoms with Gasteiger partial charge < -0.3 is 19.0 Å². The van der Waals surface area contributed by atoms with Crippen LogP contribution >= 0.6 is 11.8 Å². The van der Waals surface area contributed by atoms with Crippen molar-refractivity contribution in [3.63, 3.8) is 0 Å². The van der Waals surface area contributed by atoms with E-state index in [0.29, 0.717) is 24.7 Å². The third-order valence-corrected chi connectivity index (χ3v) is 3.32. The number of carbonyl (C=O) groups is 1. The van der Waals surface area contributed by atoms with Gasteiger partial charge in [-0.3, -0.25) is 0 Å². The maximum absolute atomic E-state index is 10.6. The first-order valence-corrected chi connectivity index (χ1v) is 6.54. The van der Waals surface area contributed by atoms with Crippen LogP contribution in [0.15, 0.2) is 16.5 Å². The van der Waals surface area contributed by atoms with Crippen LogP contribution in [0.5, 0.6) is 0 Å². The molecule has 0 aromatic carbocycles. The highest BCUT2D eigenvalue weighted by Crippen LogP contribution is 2.18. The average molecular weight is 258 g/mol. The van der Waals surface area contributed by atoms with Gasteiger partial charge in [0.1, 0.15) is 5.76 Å². The smallest absolute Gasteiger partial charge is 0.371 e. The largest absolute Gasteiger partial charge is 0.475 e. The van der Waals surface area contributed by atoms with Crippen molar-refractivity contribution in [2.45, 2.75) is 18.5 Å². The number of ether oxygens (including phenoxy) is 2. The first kappa shape index (κ1) is 12.5. The number of hydrogen-bond donors (Lipinski definition) is 1. The fourth-order valence-electron chi connectivity index (χ4n) is 1.50. The molecule has 1 saturated heterocycles. The van der Waals surface area contributed by atoms with E-state index in [0.717, 1.165) is 12.2 Å². The van der Waals surface area contributed by atoms with Crippen LogP contribution in [-0.4, -0.2) is 36.3 Å². The van der Waals surface area contributed by atoms with Gasteiger partial charge in [0.2, 0.25) is 5.76 Å². The van der Waals surface area contributed by atoms with Crippen LogP contribution in [0, 0.1) is 0 Å². The highest BCUT2D eigenvalue weighted by molar-refractivity contribution is 7.98. The molecule has 17 heavy (non-hydrogen) atoms. The number of furan rings is 1. The minimum atomic E-state index is -1.03. The molecule has 0 spiro atoms. The zero-order chi connectivity index (χ0) is 12.1. The topological polar surface area (TPSA) is 68.9 Å². The first-order valence-electron chi connectivity index (χ1n) is 5.38. The molecule has 94 valence electrons. The summed E-state index contributed by atoms with van der Waals surface area (Å²) in [6, 6.07) is 3.17. The zero-order valence-electron chi connectivity index (χ0n) is 9.26. The Kier molecular flexibility index (Phi) is 4.47. The summed E-state index contributed by atoms with van der Waals surface area (Å²) in [5, 5.41) is 8.68. The van der Waals surface area contributed by atoms with Crippen molar-refractivity contribution >= 4 is 17.7 Å². The van der Waals surface area contributed by atoms with Crippen molar-refractivity contribution in [2.24, 2.45) is 0 Å². The monoisotopic (exact) mass is 258 g/mol. The Morgan fingerprint density at radius 3 is 2.82 bits per heavy atom. The minimum Gasteiger partial charge on any atom is -0.475 e. The van der Waals surface area contributed by atoms with E-state index in [2.05, 4.69) is 0 Å². The van der Waals surface area contributed by atoms with Crippen molar-refractivity contribution in [1.82, 2.24) is 0 Å². The van der Waals surface area contributed by atoms with Crippen LogP contribution in [0.1, 0.15) is 22.7 Å². The number of rotatable bonds is 6. The van der Waals surface area contributed by atoms with Gasteiger partial charge in [0.05, 0.1) is 19.0 Å². The van der Waals surface area contributed by atoms with E-state index in [1.54, 1.807) is 17.8 Å². The van der Waals surface area contributed by atoms with E-state index in [4.69, 9.17) is 19.0 Å². The van der Waals surface area contributed by atoms with Crippen molar-refractivity contribution in [3.05, 3.63) is 23.7 Å². The van der Waals surface area contributed by atoms with Gasteiger partial charge in [-0.15, -0.1) is 0 Å². The zero-order valence-corrected chi connectivity index (χ0v) is 10.1. The number of carboxylic acid groups (broad SMARTS) is 1. The summed E-state index contributed by atoms with van der Waals surface area (Å²) in [4.78, 5) is 10.6. The van der Waals surface area contributed by atoms with Gasteiger partial charge in [0.15, 0.2) is 6.29 Å². The second-order valence-corrected chi connectivity index (χ2v) is 4.69. The van der Waals surface area contributed by atoms with Gasteiger partial charge in [-0.1, -0.05) is 0 Å². The molecule has 0 aliphatic carbocycles. The lowest BCUT2D eigenvalue weighted by Crippen LogP contribution is -2.08. The molecule has 0 saturated carbocycles. The third-order valence-electron chi connectivity index (χ3n) is 2.31. The molecular formula is C11H14O5S. The third kappa shape index (κ3) is 3.76. The van der Waals surface area contributed by atoms with Crippen LogP contribution in [0.4, 0.5) is 0 Å². The molecule has 5 nitrogen and oxygen atoms in total. The molecule has 0 radical (unpaired) electrons. The molecule has 6 heteroatoms. The molecule has 2 rings (SSSR count). The van der Waals surface area contributed by atoms with E-state index in [-0.39, 0.29) is 12.1 Å². The summed E-state index contributed by atoms with van der Waals surface area (Å²) in [5.41, 5.74) is 0. The summed E-state index contributed by atoms with van der Waals surface area (Å²) >= 11 is 1.67. The highest BCUT2D eigenvalue weighted by Gasteiger charge is 2.15. The Labute approximate surface area is 103 Å². The molecular weight excluding hydrogens is 244 g/mol. The van der Waals surface area contributed by atoms with Crippen LogP contribution in [-0.2, 0) is 15.2 Å². The van der Waals surface area contributed by atoms with Crippen molar-refractivity contribution in [2.75, 3.05) is 19.0 Å². The van der Waals surface area contributed by atoms with E-state index < -0.39 is 5.97 Å². The van der Waals surface area contributed by atoms with Gasteiger partial charge in [-0.05, 0) is 17.9 Å². The fraction of sp³-hybridized carbons (Fsp3) is 0.545. The van der Waals surface area contributed by atoms with Crippen molar-refractivity contribution < 1.29 is 23.8 Å². The lowest BCUT2D eigenvalue weighted by atomic mass is 10.4. The predicted molar refractivity (Wildman–Crippen MR) is 62.1 cm³/mol. The Hall–Kier alpha value is -0.980. The maximum Gasteiger partial charge on any atom is 0.371 e. The molecule has 1 aromatic rings. The Morgan fingerprint density at radius 2 is 2.18 bits per heavy atom. The fourth-order valence-corrected chi connectivity index (χ4v) is 2.36. The first-order chi connectivity index (χ1) is 8.25. The van der Waals surface area contributed by atoms with Gasteiger partial charge in [-0.2, -0.15) is 11.8 Å². The lowest BCUT2D eigenvalue weighted by Gasteiger charge is -2.07. The molecule has 1 fully saturated rings. The van der Waals surface area contributed by atoms with Crippen LogP contribution in [0.25, 0.3) is 0 Å². The van der Waals surface area contributed by atoms with Gasteiger partial charge >= 0.3 is 5.97 Å². The van der Waals surface area contributed by atoms with Gasteiger partial charge in [0.25, 0.3) is 0 Å². The summed E-state index contributed by atoms with van der Waals surface area (Å²) in [6.45, 7) is 1.35.